The molecule has 17 atom stereocenters. The highest BCUT2D eigenvalue weighted by Crippen LogP contribution is 2.33. The predicted octanol–water partition coefficient (Wildman–Crippen LogP) is 8.88. The van der Waals surface area contributed by atoms with Crippen molar-refractivity contribution in [3.8, 4) is 0 Å². The maximum absolute atomic E-state index is 13.3. The lowest BCUT2D eigenvalue weighted by atomic mass is 9.96. The summed E-state index contributed by atoms with van der Waals surface area (Å²) < 4.78 is 34.2. The number of hydrogen-bond acceptors (Lipinski definition) is 18. The average Bonchev–Trinajstić information content (AvgIpc) is 0.847. The van der Waals surface area contributed by atoms with Crippen LogP contribution in [0.1, 0.15) is 213 Å². The van der Waals surface area contributed by atoms with Crippen LogP contribution in [-0.2, 0) is 33.2 Å². The van der Waals surface area contributed by atoms with Gasteiger partial charge in [-0.05, 0) is 77.0 Å². The first-order valence-electron chi connectivity index (χ1n) is 34.5. The summed E-state index contributed by atoms with van der Waals surface area (Å²) in [4.78, 5) is 13.3. The van der Waals surface area contributed by atoms with Crippen molar-refractivity contribution in [2.75, 3.05) is 26.4 Å². The van der Waals surface area contributed by atoms with E-state index < -0.39 is 124 Å². The molecule has 17 unspecified atom stereocenters. The molecule has 0 aromatic rings. The molecule has 90 heavy (non-hydrogen) atoms. The van der Waals surface area contributed by atoms with Gasteiger partial charge in [0.05, 0.1) is 38.6 Å². The van der Waals surface area contributed by atoms with Crippen LogP contribution < -0.4 is 5.32 Å². The van der Waals surface area contributed by atoms with Gasteiger partial charge in [0, 0.05) is 6.42 Å². The van der Waals surface area contributed by atoms with E-state index in [0.29, 0.717) is 6.42 Å². The van der Waals surface area contributed by atoms with Crippen LogP contribution in [0.5, 0.6) is 0 Å². The number of aliphatic hydroxyl groups is 11. The molecule has 3 heterocycles. The van der Waals surface area contributed by atoms with Crippen LogP contribution in [0.3, 0.4) is 0 Å². The second-order valence-electron chi connectivity index (χ2n) is 24.3. The molecule has 3 fully saturated rings. The van der Waals surface area contributed by atoms with E-state index in [1.54, 1.807) is 6.08 Å². The van der Waals surface area contributed by atoms with E-state index in [0.717, 1.165) is 103 Å². The molecule has 3 aliphatic rings. The third-order valence-corrected chi connectivity index (χ3v) is 16.6. The molecule has 12 N–H and O–H groups in total. The maximum atomic E-state index is 13.3. The zero-order valence-electron chi connectivity index (χ0n) is 54.6. The fourth-order valence-electron chi connectivity index (χ4n) is 11.1. The summed E-state index contributed by atoms with van der Waals surface area (Å²) in [5.41, 5.74) is 0. The van der Waals surface area contributed by atoms with Crippen LogP contribution in [0.2, 0.25) is 0 Å². The number of carbonyl (C=O) groups is 1. The number of nitrogens with one attached hydrogen (secondary N) is 1. The van der Waals surface area contributed by atoms with E-state index in [2.05, 4.69) is 104 Å². The Bertz CT molecular complexity index is 2010. The Morgan fingerprint density at radius 2 is 0.767 bits per heavy atom. The molecule has 0 spiro atoms. The number of unbranched alkanes of at least 4 members (excludes halogenated alkanes) is 21. The number of hydrogen-bond donors (Lipinski definition) is 12. The van der Waals surface area contributed by atoms with Gasteiger partial charge in [-0.1, -0.05) is 227 Å². The lowest BCUT2D eigenvalue weighted by Crippen LogP contribution is -2.66. The predicted molar refractivity (Wildman–Crippen MR) is 351 cm³/mol. The zero-order valence-corrected chi connectivity index (χ0v) is 54.6. The number of aliphatic hydroxyl groups excluding tert-OH is 11. The molecule has 3 aliphatic heterocycles. The van der Waals surface area contributed by atoms with Crippen LogP contribution in [-0.4, -0.2) is 193 Å². The first kappa shape index (κ1) is 80.9. The number of ether oxygens (including phenoxy) is 6. The molecule has 0 bridgehead atoms. The number of rotatable bonds is 51. The highest BCUT2D eigenvalue weighted by molar-refractivity contribution is 5.76. The van der Waals surface area contributed by atoms with Gasteiger partial charge in [-0.2, -0.15) is 0 Å². The molecule has 0 aromatic heterocycles. The summed E-state index contributed by atoms with van der Waals surface area (Å²) in [5, 5.41) is 120. The van der Waals surface area contributed by atoms with Crippen LogP contribution in [0, 0.1) is 0 Å². The minimum Gasteiger partial charge on any atom is -0.394 e. The molecule has 19 heteroatoms. The van der Waals surface area contributed by atoms with Crippen molar-refractivity contribution in [2.24, 2.45) is 0 Å². The Morgan fingerprint density at radius 3 is 1.20 bits per heavy atom. The molecule has 19 nitrogen and oxygen atoms in total. The molecule has 0 radical (unpaired) electrons. The third kappa shape index (κ3) is 33.7. The van der Waals surface area contributed by atoms with Gasteiger partial charge < -0.3 is 89.9 Å². The van der Waals surface area contributed by atoms with Crippen molar-refractivity contribution >= 4 is 5.91 Å². The number of carbonyl (C=O) groups excluding carboxylic acids is 1. The van der Waals surface area contributed by atoms with Gasteiger partial charge in [0.25, 0.3) is 0 Å². The largest absolute Gasteiger partial charge is 0.394 e. The van der Waals surface area contributed by atoms with Crippen LogP contribution in [0.25, 0.3) is 0 Å². The van der Waals surface area contributed by atoms with E-state index in [1.165, 1.54) is 83.5 Å². The number of allylic oxidation sites excluding steroid dienone is 15. The van der Waals surface area contributed by atoms with E-state index in [9.17, 15) is 61.0 Å². The number of amides is 1. The van der Waals surface area contributed by atoms with Crippen molar-refractivity contribution < 1.29 is 89.4 Å². The van der Waals surface area contributed by atoms with E-state index >= 15 is 0 Å². The van der Waals surface area contributed by atoms with E-state index in [-0.39, 0.29) is 18.9 Å². The standard InChI is InChI=1S/C71H121NO18/c1-3-5-7-9-11-13-14-15-16-17-18-19-20-21-22-23-24-25-26-27-28-29-30-31-32-33-34-35-36-37-38-39-40-41-43-45-47-49-59(77)72-54(55(76)48-46-44-42-12-10-8-6-4-2)53-85-69-65(83)62(80)67(57(51-74)87-69)90-71-66(84)63(81)68(58(52-75)88-71)89-70-64(82)61(79)60(78)56(50-73)86-70/h5,7,11,13,15-16,18-19,21-22,24-25,27-28,46,48,54-58,60-71,73-76,78-84H,3-4,6,8-10,12,14,17,20,23,26,29-45,47,49-53H2,1-2H3,(H,72,77)/b7-5-,13-11-,16-15-,19-18-,22-21-,25-24-,28-27-,48-46+. The normalized spacial score (nSPS) is 28.7. The van der Waals surface area contributed by atoms with Crippen molar-refractivity contribution in [1.82, 2.24) is 5.32 Å². The molecule has 3 saturated heterocycles. The topological polar surface area (TPSA) is 307 Å². The second kappa shape index (κ2) is 52.0. The van der Waals surface area contributed by atoms with Gasteiger partial charge in [0.15, 0.2) is 18.9 Å². The smallest absolute Gasteiger partial charge is 0.220 e. The molecule has 1 amide bonds. The summed E-state index contributed by atoms with van der Waals surface area (Å²) in [6.07, 6.45) is 41.5. The van der Waals surface area contributed by atoms with Gasteiger partial charge in [0.1, 0.15) is 73.2 Å². The molecule has 0 aliphatic carbocycles. The minimum absolute atomic E-state index is 0.238. The third-order valence-electron chi connectivity index (χ3n) is 16.6. The molecular weight excluding hydrogens is 1150 g/mol. The van der Waals surface area contributed by atoms with Crippen molar-refractivity contribution in [1.29, 1.82) is 0 Å². The zero-order chi connectivity index (χ0) is 65.4. The first-order valence-corrected chi connectivity index (χ1v) is 34.5. The van der Waals surface area contributed by atoms with Gasteiger partial charge in [-0.25, -0.2) is 0 Å². The molecule has 518 valence electrons. The fourth-order valence-corrected chi connectivity index (χ4v) is 11.1. The first-order chi connectivity index (χ1) is 43.8. The van der Waals surface area contributed by atoms with Crippen LogP contribution in [0.4, 0.5) is 0 Å². The fraction of sp³-hybridized carbons (Fsp3) is 0.761. The summed E-state index contributed by atoms with van der Waals surface area (Å²) in [6.45, 7) is 1.54. The Hall–Kier alpha value is -3.29. The molecule has 0 saturated carbocycles. The van der Waals surface area contributed by atoms with Crippen molar-refractivity contribution in [2.45, 2.75) is 317 Å². The van der Waals surface area contributed by atoms with Crippen molar-refractivity contribution in [3.63, 3.8) is 0 Å². The quantitative estimate of drug-likeness (QED) is 0.0200. The molecule has 3 rings (SSSR count). The summed E-state index contributed by atoms with van der Waals surface area (Å²) in [5.74, 6) is -0.283. The highest BCUT2D eigenvalue weighted by Gasteiger charge is 2.53. The second-order valence-corrected chi connectivity index (χ2v) is 24.3. The van der Waals surface area contributed by atoms with Gasteiger partial charge >= 0.3 is 0 Å². The Morgan fingerprint density at radius 1 is 0.411 bits per heavy atom. The average molecular weight is 1280 g/mol. The van der Waals surface area contributed by atoms with E-state index in [1.807, 2.05) is 6.08 Å². The van der Waals surface area contributed by atoms with Crippen molar-refractivity contribution in [3.05, 3.63) is 97.2 Å². The summed E-state index contributed by atoms with van der Waals surface area (Å²) in [7, 11) is 0. The highest BCUT2D eigenvalue weighted by atomic mass is 16.8. The Labute approximate surface area is 539 Å². The van der Waals surface area contributed by atoms with Gasteiger partial charge in [-0.15, -0.1) is 0 Å². The Kier molecular flexibility index (Phi) is 46.8. The van der Waals surface area contributed by atoms with Gasteiger partial charge in [-0.3, -0.25) is 4.79 Å². The molecule has 0 aromatic carbocycles. The maximum Gasteiger partial charge on any atom is 0.220 e. The Balaban J connectivity index is 1.29. The lowest BCUT2D eigenvalue weighted by molar-refractivity contribution is -0.379. The summed E-state index contributed by atoms with van der Waals surface area (Å²) in [6, 6.07) is -0.975. The minimum atomic E-state index is -1.98. The monoisotopic (exact) mass is 1280 g/mol. The lowest BCUT2D eigenvalue weighted by Gasteiger charge is -2.48. The van der Waals surface area contributed by atoms with Crippen LogP contribution in [0.15, 0.2) is 97.2 Å². The summed E-state index contributed by atoms with van der Waals surface area (Å²) >= 11 is 0. The van der Waals surface area contributed by atoms with E-state index in [4.69, 9.17) is 28.4 Å². The van der Waals surface area contributed by atoms with Gasteiger partial charge in [0.2, 0.25) is 5.91 Å². The molecular formula is C71H121NO18. The SMILES string of the molecule is CC/C=C\C/C=C\C/C=C\C/C=C\C/C=C\C/C=C\C/C=C\CCCCCCCCCCCCCCCCCC(=O)NC(COC1OC(CO)C(OC2OC(CO)C(OC3OC(CO)C(O)C(O)C3O)C(O)C2O)C(O)C1O)C(O)/C=C/CCCCCCCC. The van der Waals surface area contributed by atoms with Crippen LogP contribution >= 0.6 is 0 Å².